The van der Waals surface area contributed by atoms with Gasteiger partial charge in [0.05, 0.1) is 6.20 Å². The molecular weight excluding hydrogens is 312 g/mol. The predicted molar refractivity (Wildman–Crippen MR) is 90.5 cm³/mol. The Morgan fingerprint density at radius 1 is 1.22 bits per heavy atom. The summed E-state index contributed by atoms with van der Waals surface area (Å²) >= 11 is 5.96. The van der Waals surface area contributed by atoms with Crippen LogP contribution in [0.2, 0.25) is 5.02 Å². The molecule has 3 rings (SSSR count). The van der Waals surface area contributed by atoms with Crippen LogP contribution < -0.4 is 5.32 Å². The van der Waals surface area contributed by atoms with Crippen LogP contribution in [0.4, 0.5) is 5.82 Å². The van der Waals surface area contributed by atoms with E-state index in [1.165, 1.54) is 0 Å². The first-order valence-corrected chi connectivity index (χ1v) is 7.74. The zero-order valence-electron chi connectivity index (χ0n) is 12.4. The van der Waals surface area contributed by atoms with Crippen molar-refractivity contribution >= 4 is 23.3 Å². The number of aromatic nitrogens is 3. The van der Waals surface area contributed by atoms with Crippen molar-refractivity contribution in [3.63, 3.8) is 0 Å². The van der Waals surface area contributed by atoms with Crippen molar-refractivity contribution in [1.82, 2.24) is 14.8 Å². The Hall–Kier alpha value is -2.53. The number of carbonyl (C=O) groups excluding carboxylic acids is 1. The van der Waals surface area contributed by atoms with Crippen LogP contribution in [0.15, 0.2) is 61.1 Å². The van der Waals surface area contributed by atoms with E-state index in [-0.39, 0.29) is 11.8 Å². The molecule has 0 aliphatic heterocycles. The van der Waals surface area contributed by atoms with Crippen LogP contribution in [-0.4, -0.2) is 20.7 Å². The lowest BCUT2D eigenvalue weighted by Crippen LogP contribution is -2.18. The Labute approximate surface area is 139 Å². The van der Waals surface area contributed by atoms with Crippen LogP contribution in [-0.2, 0) is 11.3 Å². The van der Waals surface area contributed by atoms with E-state index in [9.17, 15) is 4.79 Å². The summed E-state index contributed by atoms with van der Waals surface area (Å²) in [6, 6.07) is 13.3. The highest BCUT2D eigenvalue weighted by Gasteiger charge is 2.17. The van der Waals surface area contributed by atoms with Gasteiger partial charge in [0.25, 0.3) is 0 Å². The van der Waals surface area contributed by atoms with Crippen molar-refractivity contribution in [3.8, 4) is 0 Å². The van der Waals surface area contributed by atoms with Crippen molar-refractivity contribution in [1.29, 1.82) is 0 Å². The quantitative estimate of drug-likeness (QED) is 0.725. The second-order valence-corrected chi connectivity index (χ2v) is 5.79. The Balaban J connectivity index is 1.74. The van der Waals surface area contributed by atoms with Crippen LogP contribution >= 0.6 is 11.6 Å². The number of H-pyrrole nitrogens is 1. The standard InChI is InChI=1S/C17H17ClN4O/c18-15-5-3-13(4-6-15)14(12-22-9-1-2-10-22)11-17(23)20-16-7-8-19-21-16/h1-10,14H,11-12H2,(H2,19,20,21,23)/t14-/m1/s1. The number of hydrogen-bond acceptors (Lipinski definition) is 2. The van der Waals surface area contributed by atoms with Crippen LogP contribution in [0.25, 0.3) is 0 Å². The number of nitrogens with one attached hydrogen (secondary N) is 2. The van der Waals surface area contributed by atoms with Crippen LogP contribution in [0, 0.1) is 0 Å². The fraction of sp³-hybridized carbons (Fsp3) is 0.176. The van der Waals surface area contributed by atoms with Gasteiger partial charge in [0.2, 0.25) is 5.91 Å². The maximum Gasteiger partial charge on any atom is 0.226 e. The number of carbonyl (C=O) groups is 1. The SMILES string of the molecule is O=C(C[C@H](Cn1cccc1)c1ccc(Cl)cc1)Nc1ccn[nH]1. The van der Waals surface area contributed by atoms with Gasteiger partial charge in [-0.2, -0.15) is 5.10 Å². The number of hydrogen-bond donors (Lipinski definition) is 2. The molecule has 0 saturated carbocycles. The second kappa shape index (κ2) is 7.15. The zero-order valence-corrected chi connectivity index (χ0v) is 13.2. The van der Waals surface area contributed by atoms with Crippen molar-refractivity contribution in [3.05, 3.63) is 71.6 Å². The molecule has 3 aromatic rings. The molecule has 0 bridgehead atoms. The molecule has 0 radical (unpaired) electrons. The lowest BCUT2D eigenvalue weighted by molar-refractivity contribution is -0.116. The summed E-state index contributed by atoms with van der Waals surface area (Å²) in [5.41, 5.74) is 1.09. The van der Waals surface area contributed by atoms with Crippen LogP contribution in [0.3, 0.4) is 0 Å². The smallest absolute Gasteiger partial charge is 0.226 e. The lowest BCUT2D eigenvalue weighted by Gasteiger charge is -2.18. The number of halogens is 1. The molecule has 0 saturated heterocycles. The van der Waals surface area contributed by atoms with Crippen LogP contribution in [0.5, 0.6) is 0 Å². The molecule has 2 heterocycles. The van der Waals surface area contributed by atoms with Gasteiger partial charge in [-0.1, -0.05) is 23.7 Å². The summed E-state index contributed by atoms with van der Waals surface area (Å²) in [4.78, 5) is 12.3. The van der Waals surface area contributed by atoms with E-state index in [2.05, 4.69) is 20.1 Å². The molecule has 0 aliphatic carbocycles. The molecular formula is C17H17ClN4O. The van der Waals surface area contributed by atoms with E-state index in [0.717, 1.165) is 12.1 Å². The van der Waals surface area contributed by atoms with Crippen molar-refractivity contribution in [2.45, 2.75) is 18.9 Å². The molecule has 1 aromatic carbocycles. The zero-order chi connectivity index (χ0) is 16.1. The molecule has 118 valence electrons. The number of benzene rings is 1. The summed E-state index contributed by atoms with van der Waals surface area (Å²) in [5.74, 6) is 0.606. The maximum atomic E-state index is 12.3. The van der Waals surface area contributed by atoms with Gasteiger partial charge in [0.1, 0.15) is 5.82 Å². The van der Waals surface area contributed by atoms with Gasteiger partial charge < -0.3 is 9.88 Å². The molecule has 23 heavy (non-hydrogen) atoms. The normalized spacial score (nSPS) is 12.0. The molecule has 0 fully saturated rings. The monoisotopic (exact) mass is 328 g/mol. The van der Waals surface area contributed by atoms with Gasteiger partial charge in [-0.15, -0.1) is 0 Å². The summed E-state index contributed by atoms with van der Waals surface area (Å²) in [5, 5.41) is 10.1. The third-order valence-corrected chi connectivity index (χ3v) is 3.90. The molecule has 0 spiro atoms. The summed E-state index contributed by atoms with van der Waals surface area (Å²) in [6.45, 7) is 0.727. The number of anilines is 1. The molecule has 0 unspecified atom stereocenters. The van der Waals surface area contributed by atoms with E-state index in [1.807, 2.05) is 48.8 Å². The number of aromatic amines is 1. The summed E-state index contributed by atoms with van der Waals surface area (Å²) < 4.78 is 2.07. The Morgan fingerprint density at radius 2 is 1.96 bits per heavy atom. The first kappa shape index (κ1) is 15.4. The van der Waals surface area contributed by atoms with E-state index in [4.69, 9.17) is 11.6 Å². The number of amides is 1. The van der Waals surface area contributed by atoms with Gasteiger partial charge in [0, 0.05) is 42.4 Å². The average Bonchev–Trinajstić information content (AvgIpc) is 3.21. The lowest BCUT2D eigenvalue weighted by atomic mass is 9.95. The minimum atomic E-state index is -0.0543. The fourth-order valence-electron chi connectivity index (χ4n) is 2.52. The van der Waals surface area contributed by atoms with Crippen LogP contribution in [0.1, 0.15) is 17.9 Å². The van der Waals surface area contributed by atoms with Crippen molar-refractivity contribution in [2.75, 3.05) is 5.32 Å². The minimum Gasteiger partial charge on any atom is -0.354 e. The van der Waals surface area contributed by atoms with E-state index < -0.39 is 0 Å². The first-order chi connectivity index (χ1) is 11.2. The molecule has 2 aromatic heterocycles. The van der Waals surface area contributed by atoms with Gasteiger partial charge in [-0.25, -0.2) is 0 Å². The summed E-state index contributed by atoms with van der Waals surface area (Å²) in [6.07, 6.45) is 5.97. The van der Waals surface area contributed by atoms with Gasteiger partial charge in [0.15, 0.2) is 0 Å². The first-order valence-electron chi connectivity index (χ1n) is 7.36. The number of nitrogens with zero attached hydrogens (tertiary/aromatic N) is 2. The molecule has 1 atom stereocenters. The van der Waals surface area contributed by atoms with E-state index in [1.54, 1.807) is 12.3 Å². The topological polar surface area (TPSA) is 62.7 Å². The Bertz CT molecular complexity index is 736. The molecule has 5 nitrogen and oxygen atoms in total. The van der Waals surface area contributed by atoms with E-state index >= 15 is 0 Å². The third-order valence-electron chi connectivity index (χ3n) is 3.65. The molecule has 0 aliphatic rings. The van der Waals surface area contributed by atoms with E-state index in [0.29, 0.717) is 17.3 Å². The Morgan fingerprint density at radius 3 is 2.61 bits per heavy atom. The van der Waals surface area contributed by atoms with Gasteiger partial charge in [-0.05, 0) is 29.8 Å². The molecule has 6 heteroatoms. The minimum absolute atomic E-state index is 0.0543. The highest BCUT2D eigenvalue weighted by Crippen LogP contribution is 2.24. The number of rotatable bonds is 6. The van der Waals surface area contributed by atoms with Gasteiger partial charge in [-0.3, -0.25) is 9.89 Å². The largest absolute Gasteiger partial charge is 0.354 e. The molecule has 1 amide bonds. The average molecular weight is 329 g/mol. The van der Waals surface area contributed by atoms with Gasteiger partial charge >= 0.3 is 0 Å². The highest BCUT2D eigenvalue weighted by atomic mass is 35.5. The second-order valence-electron chi connectivity index (χ2n) is 5.35. The maximum absolute atomic E-state index is 12.3. The van der Waals surface area contributed by atoms with Crippen molar-refractivity contribution in [2.24, 2.45) is 0 Å². The van der Waals surface area contributed by atoms with Crippen molar-refractivity contribution < 1.29 is 4.79 Å². The molecule has 2 N–H and O–H groups in total. The third kappa shape index (κ3) is 4.23. The highest BCUT2D eigenvalue weighted by molar-refractivity contribution is 6.30. The Kier molecular flexibility index (Phi) is 4.78. The fourth-order valence-corrected chi connectivity index (χ4v) is 2.65. The summed E-state index contributed by atoms with van der Waals surface area (Å²) in [7, 11) is 0. The predicted octanol–water partition coefficient (Wildman–Crippen LogP) is 3.68.